The van der Waals surface area contributed by atoms with E-state index < -0.39 is 0 Å². The second-order valence-corrected chi connectivity index (χ2v) is 4.41. The molecule has 0 saturated carbocycles. The summed E-state index contributed by atoms with van der Waals surface area (Å²) in [5.41, 5.74) is 0. The summed E-state index contributed by atoms with van der Waals surface area (Å²) in [5.74, 6) is 0.713. The Morgan fingerprint density at radius 3 is 1.85 bits per heavy atom. The van der Waals surface area contributed by atoms with Crippen molar-refractivity contribution in [1.82, 2.24) is 0 Å². The van der Waals surface area contributed by atoms with Crippen LogP contribution in [0.1, 0.15) is 77.7 Å². The molecule has 130 valence electrons. The summed E-state index contributed by atoms with van der Waals surface area (Å²) in [7, 11) is 0. The van der Waals surface area contributed by atoms with Crippen LogP contribution in [0.5, 0.6) is 0 Å². The van der Waals surface area contributed by atoms with Crippen LogP contribution in [-0.4, -0.2) is 24.3 Å². The van der Waals surface area contributed by atoms with E-state index in [1.165, 1.54) is 0 Å². The molecule has 0 spiro atoms. The molecule has 0 aromatic carbocycles. The fourth-order valence-electron chi connectivity index (χ4n) is 1.52. The van der Waals surface area contributed by atoms with E-state index in [0.717, 1.165) is 12.8 Å². The zero-order chi connectivity index (χ0) is 11.8. The Morgan fingerprint density at radius 1 is 1.05 bits per heavy atom. The topological polar surface area (TPSA) is 46.5 Å². The van der Waals surface area contributed by atoms with Gasteiger partial charge in [-0.1, -0.05) is 71.2 Å². The van der Waals surface area contributed by atoms with Gasteiger partial charge in [-0.25, -0.2) is 0 Å². The molecule has 0 saturated heterocycles. The summed E-state index contributed by atoms with van der Waals surface area (Å²) in [6.07, 6.45) is 2.19. The number of carbonyl (C=O) groups excluding carboxylic acids is 1. The van der Waals surface area contributed by atoms with Crippen LogP contribution < -0.4 is 0 Å². The van der Waals surface area contributed by atoms with Crippen LogP contribution in [-0.2, 0) is 9.53 Å². The van der Waals surface area contributed by atoms with Crippen LogP contribution in [0.25, 0.3) is 0 Å². The highest BCUT2D eigenvalue weighted by molar-refractivity contribution is 5.72. The van der Waals surface area contributed by atoms with Crippen LogP contribution in [0.4, 0.5) is 0 Å². The third-order valence-electron chi connectivity index (χ3n) is 3.03. The van der Waals surface area contributed by atoms with Crippen LogP contribution >= 0.6 is 0 Å². The SMILES string of the molecule is C.C.C.C.C.CCC(C)CC(C)C(C)C(=O)OCCO. The third kappa shape index (κ3) is 15.5. The van der Waals surface area contributed by atoms with Crippen LogP contribution in [0, 0.1) is 17.8 Å². The Labute approximate surface area is 130 Å². The van der Waals surface area contributed by atoms with E-state index in [1.807, 2.05) is 6.92 Å². The average Bonchev–Trinajstić information content (AvgIpc) is 2.24. The largest absolute Gasteiger partial charge is 0.463 e. The molecule has 3 nitrogen and oxygen atoms in total. The molecule has 3 unspecified atom stereocenters. The molecule has 0 aromatic rings. The van der Waals surface area contributed by atoms with Gasteiger partial charge in [0.05, 0.1) is 12.5 Å². The first-order chi connectivity index (χ1) is 7.02. The van der Waals surface area contributed by atoms with Gasteiger partial charge in [0.25, 0.3) is 0 Å². The first-order valence-corrected chi connectivity index (χ1v) is 5.80. The highest BCUT2D eigenvalue weighted by Crippen LogP contribution is 2.22. The van der Waals surface area contributed by atoms with Gasteiger partial charge in [-0.05, 0) is 18.3 Å². The molecular weight excluding hydrogens is 252 g/mol. The highest BCUT2D eigenvalue weighted by Gasteiger charge is 2.22. The van der Waals surface area contributed by atoms with Gasteiger partial charge in [0.1, 0.15) is 6.61 Å². The second-order valence-electron chi connectivity index (χ2n) is 4.41. The van der Waals surface area contributed by atoms with E-state index in [4.69, 9.17) is 9.84 Å². The van der Waals surface area contributed by atoms with Crippen molar-refractivity contribution >= 4 is 5.97 Å². The molecule has 0 bridgehead atoms. The first kappa shape index (κ1) is 36.6. The van der Waals surface area contributed by atoms with Crippen LogP contribution in [0.3, 0.4) is 0 Å². The molecule has 0 aromatic heterocycles. The molecule has 0 aliphatic carbocycles. The lowest BCUT2D eigenvalue weighted by Gasteiger charge is -2.21. The van der Waals surface area contributed by atoms with Crippen molar-refractivity contribution in [2.24, 2.45) is 17.8 Å². The van der Waals surface area contributed by atoms with Gasteiger partial charge in [0.15, 0.2) is 0 Å². The molecule has 0 fully saturated rings. The Bertz CT molecular complexity index is 181. The van der Waals surface area contributed by atoms with Crippen molar-refractivity contribution in [1.29, 1.82) is 0 Å². The highest BCUT2D eigenvalue weighted by atomic mass is 16.5. The molecule has 0 aliphatic rings. The quantitative estimate of drug-likeness (QED) is 0.639. The van der Waals surface area contributed by atoms with Crippen LogP contribution in [0.2, 0.25) is 0 Å². The molecule has 0 amide bonds. The molecule has 0 rings (SSSR count). The minimum Gasteiger partial charge on any atom is -0.463 e. The normalized spacial score (nSPS) is 12.7. The maximum atomic E-state index is 11.5. The van der Waals surface area contributed by atoms with Crippen LogP contribution in [0.15, 0.2) is 0 Å². The zero-order valence-corrected chi connectivity index (χ0v) is 10.3. The molecule has 20 heavy (non-hydrogen) atoms. The number of aliphatic hydroxyl groups is 1. The van der Waals surface area contributed by atoms with E-state index in [0.29, 0.717) is 11.8 Å². The van der Waals surface area contributed by atoms with Gasteiger partial charge in [-0.3, -0.25) is 4.79 Å². The molecular formula is C17H44O3. The number of ether oxygens (including phenoxy) is 1. The van der Waals surface area contributed by atoms with Crippen molar-refractivity contribution in [2.75, 3.05) is 13.2 Å². The van der Waals surface area contributed by atoms with Gasteiger partial charge >= 0.3 is 5.97 Å². The van der Waals surface area contributed by atoms with Gasteiger partial charge < -0.3 is 9.84 Å². The minimum absolute atomic E-state index is 0. The predicted octanol–water partition coefficient (Wildman–Crippen LogP) is 5.41. The average molecular weight is 297 g/mol. The number of carbonyl (C=O) groups is 1. The van der Waals surface area contributed by atoms with Crippen molar-refractivity contribution < 1.29 is 14.6 Å². The van der Waals surface area contributed by atoms with E-state index in [2.05, 4.69) is 20.8 Å². The summed E-state index contributed by atoms with van der Waals surface area (Å²) >= 11 is 0. The van der Waals surface area contributed by atoms with Gasteiger partial charge in [-0.2, -0.15) is 0 Å². The van der Waals surface area contributed by atoms with E-state index in [-0.39, 0.29) is 62.2 Å². The maximum Gasteiger partial charge on any atom is 0.308 e. The number of hydrogen-bond acceptors (Lipinski definition) is 3. The minimum atomic E-state index is -0.195. The zero-order valence-electron chi connectivity index (χ0n) is 10.3. The number of aliphatic hydroxyl groups excluding tert-OH is 1. The molecule has 3 atom stereocenters. The number of rotatable bonds is 7. The smallest absolute Gasteiger partial charge is 0.308 e. The lowest BCUT2D eigenvalue weighted by atomic mass is 9.86. The molecule has 1 N–H and O–H groups in total. The summed E-state index contributed by atoms with van der Waals surface area (Å²) in [6, 6.07) is 0. The summed E-state index contributed by atoms with van der Waals surface area (Å²) in [5, 5.41) is 8.54. The lowest BCUT2D eigenvalue weighted by Crippen LogP contribution is -2.23. The first-order valence-electron chi connectivity index (χ1n) is 5.80. The summed E-state index contributed by atoms with van der Waals surface area (Å²) < 4.78 is 4.90. The number of hydrogen-bond donors (Lipinski definition) is 1. The van der Waals surface area contributed by atoms with Gasteiger partial charge in [-0.15, -0.1) is 0 Å². The van der Waals surface area contributed by atoms with Crippen molar-refractivity contribution in [2.45, 2.75) is 77.7 Å². The predicted molar refractivity (Wildman–Crippen MR) is 94.1 cm³/mol. The van der Waals surface area contributed by atoms with Crippen molar-refractivity contribution in [3.05, 3.63) is 0 Å². The molecule has 0 aliphatic heterocycles. The van der Waals surface area contributed by atoms with Gasteiger partial charge in [0.2, 0.25) is 0 Å². The maximum absolute atomic E-state index is 11.5. The Hall–Kier alpha value is -0.570. The fraction of sp³-hybridized carbons (Fsp3) is 0.941. The van der Waals surface area contributed by atoms with E-state index in [1.54, 1.807) is 0 Å². The van der Waals surface area contributed by atoms with E-state index in [9.17, 15) is 4.79 Å². The summed E-state index contributed by atoms with van der Waals surface area (Å²) in [6.45, 7) is 8.34. The Kier molecular flexibility index (Phi) is 37.9. The third-order valence-corrected chi connectivity index (χ3v) is 3.03. The summed E-state index contributed by atoms with van der Waals surface area (Å²) in [4.78, 5) is 11.5. The molecule has 0 heterocycles. The van der Waals surface area contributed by atoms with Crippen molar-refractivity contribution in [3.63, 3.8) is 0 Å². The monoisotopic (exact) mass is 296 g/mol. The standard InChI is InChI=1S/C12H24O3.5CH4/c1-5-9(2)8-10(3)11(4)12(14)15-7-6-13;;;;;/h9-11,13H,5-8H2,1-4H3;5*1H4. The molecule has 0 radical (unpaired) electrons. The van der Waals surface area contributed by atoms with Gasteiger partial charge in [0, 0.05) is 0 Å². The second kappa shape index (κ2) is 20.7. The van der Waals surface area contributed by atoms with E-state index >= 15 is 0 Å². The van der Waals surface area contributed by atoms with Crippen molar-refractivity contribution in [3.8, 4) is 0 Å². The fourth-order valence-corrected chi connectivity index (χ4v) is 1.52. The Morgan fingerprint density at radius 2 is 1.50 bits per heavy atom. The lowest BCUT2D eigenvalue weighted by molar-refractivity contribution is -0.150. The molecule has 3 heteroatoms. The number of esters is 1. The Balaban J connectivity index is -0.0000000980.